The van der Waals surface area contributed by atoms with Crippen LogP contribution in [-0.4, -0.2) is 50.9 Å². The smallest absolute Gasteiger partial charge is 0.263 e. The summed E-state index contributed by atoms with van der Waals surface area (Å²) in [5, 5.41) is 4.21. The average molecular weight is 327 g/mol. The molecule has 0 aliphatic carbocycles. The van der Waals surface area contributed by atoms with Crippen LogP contribution in [0.4, 0.5) is 0 Å². The summed E-state index contributed by atoms with van der Waals surface area (Å²) >= 11 is 6.09. The molecule has 0 N–H and O–H groups in total. The molecule has 1 fully saturated rings. The molecule has 0 radical (unpaired) electrons. The molecule has 2 rings (SSSR count). The standard InChI is InChI=1S/C15H19ClN2O4/c1-20-13-8-11(7-12(16)15(13)21-2)9-17-22-10-14(19)18-5-3-4-6-18/h7-9H,3-6,10H2,1-2H3/b17-9+. The molecular weight excluding hydrogens is 308 g/mol. The number of benzene rings is 1. The number of likely N-dealkylation sites (tertiary alicyclic amines) is 1. The molecule has 1 amide bonds. The second-order valence-electron chi connectivity index (χ2n) is 4.83. The van der Waals surface area contributed by atoms with Crippen molar-refractivity contribution in [2.75, 3.05) is 33.9 Å². The molecule has 0 saturated carbocycles. The third-order valence-electron chi connectivity index (χ3n) is 3.38. The van der Waals surface area contributed by atoms with Gasteiger partial charge in [0.15, 0.2) is 18.1 Å². The number of halogens is 1. The average Bonchev–Trinajstić information content (AvgIpc) is 3.05. The summed E-state index contributed by atoms with van der Waals surface area (Å²) < 4.78 is 10.4. The van der Waals surface area contributed by atoms with Crippen LogP contribution in [0.5, 0.6) is 11.5 Å². The maximum atomic E-state index is 11.8. The number of methoxy groups -OCH3 is 2. The molecule has 1 aliphatic rings. The first kappa shape index (κ1) is 16.4. The van der Waals surface area contributed by atoms with Crippen molar-refractivity contribution in [1.29, 1.82) is 0 Å². The van der Waals surface area contributed by atoms with Gasteiger partial charge in [0.2, 0.25) is 0 Å². The molecular formula is C15H19ClN2O4. The topological polar surface area (TPSA) is 60.4 Å². The van der Waals surface area contributed by atoms with Gasteiger partial charge < -0.3 is 19.2 Å². The van der Waals surface area contributed by atoms with E-state index in [1.807, 2.05) is 0 Å². The summed E-state index contributed by atoms with van der Waals surface area (Å²) in [6, 6.07) is 3.40. The van der Waals surface area contributed by atoms with Gasteiger partial charge in [0.1, 0.15) is 0 Å². The first-order chi connectivity index (χ1) is 10.7. The molecule has 0 unspecified atom stereocenters. The van der Waals surface area contributed by atoms with E-state index in [1.54, 1.807) is 17.0 Å². The predicted octanol–water partition coefficient (Wildman–Crippen LogP) is 2.33. The van der Waals surface area contributed by atoms with Crippen LogP contribution in [0.3, 0.4) is 0 Å². The minimum atomic E-state index is -0.0580. The molecule has 0 aromatic heterocycles. The van der Waals surface area contributed by atoms with Crippen molar-refractivity contribution in [3.63, 3.8) is 0 Å². The molecule has 22 heavy (non-hydrogen) atoms. The zero-order chi connectivity index (χ0) is 15.9. The van der Waals surface area contributed by atoms with Gasteiger partial charge in [0, 0.05) is 18.7 Å². The highest BCUT2D eigenvalue weighted by Crippen LogP contribution is 2.35. The number of hydrogen-bond donors (Lipinski definition) is 0. The lowest BCUT2D eigenvalue weighted by Gasteiger charge is -2.13. The van der Waals surface area contributed by atoms with Crippen molar-refractivity contribution in [2.24, 2.45) is 5.16 Å². The molecule has 7 heteroatoms. The summed E-state index contributed by atoms with van der Waals surface area (Å²) in [6.07, 6.45) is 3.59. The van der Waals surface area contributed by atoms with Crippen LogP contribution in [0.15, 0.2) is 17.3 Å². The summed E-state index contributed by atoms with van der Waals surface area (Å²) in [6.45, 7) is 1.55. The van der Waals surface area contributed by atoms with E-state index < -0.39 is 0 Å². The van der Waals surface area contributed by atoms with Crippen molar-refractivity contribution >= 4 is 23.7 Å². The fourth-order valence-electron chi connectivity index (χ4n) is 2.26. The molecule has 0 bridgehead atoms. The maximum Gasteiger partial charge on any atom is 0.263 e. The predicted molar refractivity (Wildman–Crippen MR) is 83.9 cm³/mol. The number of carbonyl (C=O) groups is 1. The normalized spacial score (nSPS) is 14.4. The Labute approximate surface area is 134 Å². The quantitative estimate of drug-likeness (QED) is 0.594. The van der Waals surface area contributed by atoms with Gasteiger partial charge in [0.25, 0.3) is 5.91 Å². The lowest BCUT2D eigenvalue weighted by molar-refractivity contribution is -0.134. The van der Waals surface area contributed by atoms with E-state index in [2.05, 4.69) is 5.16 Å². The number of ether oxygens (including phenoxy) is 2. The Balaban J connectivity index is 1.92. The number of amides is 1. The zero-order valence-corrected chi connectivity index (χ0v) is 13.4. The van der Waals surface area contributed by atoms with Crippen LogP contribution in [0.2, 0.25) is 5.02 Å². The van der Waals surface area contributed by atoms with Gasteiger partial charge in [-0.15, -0.1) is 0 Å². The van der Waals surface area contributed by atoms with Gasteiger partial charge in [-0.05, 0) is 25.0 Å². The van der Waals surface area contributed by atoms with E-state index in [0.29, 0.717) is 22.1 Å². The molecule has 1 aliphatic heterocycles. The van der Waals surface area contributed by atoms with Crippen molar-refractivity contribution in [1.82, 2.24) is 4.90 Å². The summed E-state index contributed by atoms with van der Waals surface area (Å²) in [5.74, 6) is 0.927. The van der Waals surface area contributed by atoms with Crippen molar-refractivity contribution in [2.45, 2.75) is 12.8 Å². The van der Waals surface area contributed by atoms with Crippen LogP contribution < -0.4 is 9.47 Å². The molecule has 0 atom stereocenters. The van der Waals surface area contributed by atoms with E-state index in [-0.39, 0.29) is 12.5 Å². The molecule has 1 aromatic carbocycles. The number of rotatable bonds is 6. The van der Waals surface area contributed by atoms with E-state index in [4.69, 9.17) is 25.9 Å². The highest BCUT2D eigenvalue weighted by Gasteiger charge is 2.17. The fraction of sp³-hybridized carbons (Fsp3) is 0.467. The Morgan fingerprint density at radius 2 is 2.05 bits per heavy atom. The van der Waals surface area contributed by atoms with Crippen molar-refractivity contribution in [3.05, 3.63) is 22.7 Å². The minimum absolute atomic E-state index is 0.0417. The van der Waals surface area contributed by atoms with Crippen LogP contribution in [0.1, 0.15) is 18.4 Å². The summed E-state index contributed by atoms with van der Waals surface area (Å²) in [4.78, 5) is 18.6. The summed E-state index contributed by atoms with van der Waals surface area (Å²) in [7, 11) is 3.05. The lowest BCUT2D eigenvalue weighted by Crippen LogP contribution is -2.30. The summed E-state index contributed by atoms with van der Waals surface area (Å²) in [5.41, 5.74) is 0.691. The third kappa shape index (κ3) is 4.04. The van der Waals surface area contributed by atoms with Gasteiger partial charge in [0.05, 0.1) is 25.5 Å². The number of hydrogen-bond acceptors (Lipinski definition) is 5. The fourth-order valence-corrected chi connectivity index (χ4v) is 2.56. The number of carbonyl (C=O) groups excluding carboxylic acids is 1. The molecule has 6 nitrogen and oxygen atoms in total. The Morgan fingerprint density at radius 1 is 1.32 bits per heavy atom. The highest BCUT2D eigenvalue weighted by atomic mass is 35.5. The lowest BCUT2D eigenvalue weighted by atomic mass is 10.2. The zero-order valence-electron chi connectivity index (χ0n) is 12.7. The Morgan fingerprint density at radius 3 is 2.68 bits per heavy atom. The van der Waals surface area contributed by atoms with Gasteiger partial charge in [-0.3, -0.25) is 4.79 Å². The van der Waals surface area contributed by atoms with Crippen LogP contribution >= 0.6 is 11.6 Å². The van der Waals surface area contributed by atoms with E-state index in [9.17, 15) is 4.79 Å². The van der Waals surface area contributed by atoms with Crippen LogP contribution in [0, 0.1) is 0 Å². The van der Waals surface area contributed by atoms with Crippen molar-refractivity contribution < 1.29 is 19.1 Å². The Hall–Kier alpha value is -1.95. The van der Waals surface area contributed by atoms with Gasteiger partial charge in [-0.1, -0.05) is 16.8 Å². The third-order valence-corrected chi connectivity index (χ3v) is 3.66. The van der Waals surface area contributed by atoms with Gasteiger partial charge in [-0.2, -0.15) is 0 Å². The van der Waals surface area contributed by atoms with Crippen molar-refractivity contribution in [3.8, 4) is 11.5 Å². The van der Waals surface area contributed by atoms with Gasteiger partial charge >= 0.3 is 0 Å². The Bertz CT molecular complexity index is 557. The Kier molecular flexibility index (Phi) is 5.89. The second-order valence-corrected chi connectivity index (χ2v) is 5.24. The van der Waals surface area contributed by atoms with Gasteiger partial charge in [-0.25, -0.2) is 0 Å². The highest BCUT2D eigenvalue weighted by molar-refractivity contribution is 6.32. The monoisotopic (exact) mass is 326 g/mol. The van der Waals surface area contributed by atoms with Crippen LogP contribution in [-0.2, 0) is 9.63 Å². The first-order valence-electron chi connectivity index (χ1n) is 7.00. The molecule has 1 aromatic rings. The van der Waals surface area contributed by atoms with E-state index >= 15 is 0 Å². The van der Waals surface area contributed by atoms with E-state index in [1.165, 1.54) is 20.4 Å². The molecule has 1 heterocycles. The maximum absolute atomic E-state index is 11.8. The minimum Gasteiger partial charge on any atom is -0.493 e. The molecule has 120 valence electrons. The first-order valence-corrected chi connectivity index (χ1v) is 7.38. The van der Waals surface area contributed by atoms with Crippen LogP contribution in [0.25, 0.3) is 0 Å². The second kappa shape index (κ2) is 7.89. The largest absolute Gasteiger partial charge is 0.493 e. The number of oxime groups is 1. The SMILES string of the molecule is COc1cc(/C=N/OCC(=O)N2CCCC2)cc(Cl)c1OC. The molecule has 1 saturated heterocycles. The van der Waals surface area contributed by atoms with E-state index in [0.717, 1.165) is 25.9 Å². The molecule has 0 spiro atoms. The number of nitrogens with zero attached hydrogens (tertiary/aromatic N) is 2.